The highest BCUT2D eigenvalue weighted by molar-refractivity contribution is 7.91. The van der Waals surface area contributed by atoms with Crippen LogP contribution < -0.4 is 5.73 Å². The molecule has 2 N–H and O–H groups in total. The van der Waals surface area contributed by atoms with Gasteiger partial charge in [-0.25, -0.2) is 13.4 Å². The van der Waals surface area contributed by atoms with Gasteiger partial charge in [0.05, 0.1) is 15.8 Å². The van der Waals surface area contributed by atoms with Crippen molar-refractivity contribution in [3.63, 3.8) is 0 Å². The van der Waals surface area contributed by atoms with Crippen LogP contribution in [-0.2, 0) is 15.4 Å². The summed E-state index contributed by atoms with van der Waals surface area (Å²) in [4.78, 5) is 6.12. The Morgan fingerprint density at radius 2 is 1.75 bits per heavy atom. The third-order valence-electron chi connectivity index (χ3n) is 6.50. The van der Waals surface area contributed by atoms with Gasteiger partial charge in [-0.1, -0.05) is 72.8 Å². The number of hydrogen-bond donors (Lipinski definition) is 1. The Morgan fingerprint density at radius 1 is 1.03 bits per heavy atom. The molecule has 0 spiro atoms. The maximum Gasteiger partial charge on any atom is 0.154 e. The number of benzene rings is 2. The van der Waals surface area contributed by atoms with Crippen LogP contribution in [0.2, 0.25) is 0 Å². The normalized spacial score (nSPS) is 19.9. The second kappa shape index (κ2) is 8.10. The molecule has 2 aliphatic carbocycles. The molecule has 2 aliphatic rings. The minimum atomic E-state index is -3.09. The number of nitrogens with zero attached hydrogens (tertiary/aromatic N) is 1. The highest BCUT2D eigenvalue weighted by atomic mass is 32.2. The Morgan fingerprint density at radius 3 is 2.31 bits per heavy atom. The summed E-state index contributed by atoms with van der Waals surface area (Å²) in [7, 11) is -3.09. The number of hydrogen-bond acceptors (Lipinski definition) is 5. The quantitative estimate of drug-likeness (QED) is 0.538. The lowest BCUT2D eigenvalue weighted by Gasteiger charge is -2.38. The lowest BCUT2D eigenvalue weighted by Crippen LogP contribution is -2.43. The Kier molecular flexibility index (Phi) is 5.40. The Labute approximate surface area is 193 Å². The van der Waals surface area contributed by atoms with Crippen molar-refractivity contribution in [1.29, 1.82) is 0 Å². The first-order chi connectivity index (χ1) is 15.3. The highest BCUT2D eigenvalue weighted by Crippen LogP contribution is 2.42. The third kappa shape index (κ3) is 3.98. The summed E-state index contributed by atoms with van der Waals surface area (Å²) >= 11 is 1.64. The van der Waals surface area contributed by atoms with E-state index in [9.17, 15) is 8.42 Å². The zero-order chi connectivity index (χ0) is 22.3. The predicted molar refractivity (Wildman–Crippen MR) is 133 cm³/mol. The lowest BCUT2D eigenvalue weighted by atomic mass is 9.72. The Hall–Kier alpha value is -2.54. The Balaban J connectivity index is 1.53. The van der Waals surface area contributed by atoms with E-state index in [2.05, 4.69) is 36.4 Å². The van der Waals surface area contributed by atoms with Crippen molar-refractivity contribution in [2.24, 2.45) is 5.73 Å². The molecule has 1 heterocycles. The molecule has 32 heavy (non-hydrogen) atoms. The van der Waals surface area contributed by atoms with Crippen molar-refractivity contribution < 1.29 is 8.42 Å². The number of sulfone groups is 1. The van der Waals surface area contributed by atoms with Gasteiger partial charge in [0, 0.05) is 22.9 Å². The molecule has 1 unspecified atom stereocenters. The van der Waals surface area contributed by atoms with Gasteiger partial charge < -0.3 is 5.73 Å². The first-order valence-corrected chi connectivity index (χ1v) is 13.6. The summed E-state index contributed by atoms with van der Waals surface area (Å²) < 4.78 is 23.8. The standard InChI is InChI=1S/C26H26N2O2S2/c1-32(29,30)22-14-10-20(11-15-22)25-28-23(24(31-25)19-6-3-2-4-7-19)18-8-12-21(13-9-18)26(27)16-5-17-26/h2-4,6-14,22H,5,15-17,27H2,1H3. The van der Waals surface area contributed by atoms with Crippen LogP contribution in [0.15, 0.2) is 72.8 Å². The fraction of sp³-hybridized carbons (Fsp3) is 0.269. The summed E-state index contributed by atoms with van der Waals surface area (Å²) in [5, 5.41) is 0.447. The molecule has 164 valence electrons. The summed E-state index contributed by atoms with van der Waals surface area (Å²) in [6.07, 6.45) is 10.7. The molecule has 4 nitrogen and oxygen atoms in total. The van der Waals surface area contributed by atoms with Crippen molar-refractivity contribution >= 4 is 26.7 Å². The molecule has 0 radical (unpaired) electrons. The van der Waals surface area contributed by atoms with Crippen LogP contribution in [0.4, 0.5) is 0 Å². The number of aromatic nitrogens is 1. The smallest absolute Gasteiger partial charge is 0.154 e. The fourth-order valence-corrected chi connectivity index (χ4v) is 6.23. The van der Waals surface area contributed by atoms with E-state index in [-0.39, 0.29) is 5.54 Å². The second-order valence-electron chi connectivity index (χ2n) is 8.77. The molecular weight excluding hydrogens is 436 g/mol. The van der Waals surface area contributed by atoms with Gasteiger partial charge in [-0.3, -0.25) is 0 Å². The van der Waals surface area contributed by atoms with Crippen LogP contribution in [0.5, 0.6) is 0 Å². The van der Waals surface area contributed by atoms with Crippen LogP contribution in [0.3, 0.4) is 0 Å². The molecule has 1 saturated carbocycles. The Bertz CT molecular complexity index is 1300. The molecule has 0 saturated heterocycles. The molecule has 2 aromatic carbocycles. The molecule has 3 aromatic rings. The van der Waals surface area contributed by atoms with Gasteiger partial charge in [-0.2, -0.15) is 0 Å². The van der Waals surface area contributed by atoms with Crippen molar-refractivity contribution in [3.8, 4) is 21.7 Å². The minimum absolute atomic E-state index is 0.179. The van der Waals surface area contributed by atoms with E-state index in [1.165, 1.54) is 18.2 Å². The van der Waals surface area contributed by atoms with E-state index in [0.29, 0.717) is 6.42 Å². The van der Waals surface area contributed by atoms with E-state index >= 15 is 0 Å². The molecule has 1 atom stereocenters. The topological polar surface area (TPSA) is 73.0 Å². The van der Waals surface area contributed by atoms with Gasteiger partial charge in [0.25, 0.3) is 0 Å². The van der Waals surface area contributed by atoms with E-state index in [1.54, 1.807) is 17.4 Å². The van der Waals surface area contributed by atoms with E-state index in [0.717, 1.165) is 45.1 Å². The van der Waals surface area contributed by atoms with Crippen LogP contribution in [-0.4, -0.2) is 24.9 Å². The van der Waals surface area contributed by atoms with Gasteiger partial charge in [0.15, 0.2) is 9.84 Å². The first kappa shape index (κ1) is 21.3. The van der Waals surface area contributed by atoms with E-state index in [4.69, 9.17) is 10.7 Å². The minimum Gasteiger partial charge on any atom is -0.321 e. The monoisotopic (exact) mass is 462 g/mol. The molecule has 0 amide bonds. The molecule has 0 aliphatic heterocycles. The third-order valence-corrected chi connectivity index (χ3v) is 9.10. The molecule has 0 bridgehead atoms. The average Bonchev–Trinajstić information content (AvgIpc) is 3.23. The van der Waals surface area contributed by atoms with Gasteiger partial charge in [0.1, 0.15) is 5.01 Å². The zero-order valence-electron chi connectivity index (χ0n) is 18.0. The summed E-state index contributed by atoms with van der Waals surface area (Å²) in [5.41, 5.74) is 11.6. The molecular formula is C26H26N2O2S2. The highest BCUT2D eigenvalue weighted by Gasteiger charge is 2.34. The maximum absolute atomic E-state index is 11.9. The van der Waals surface area contributed by atoms with E-state index < -0.39 is 15.1 Å². The van der Waals surface area contributed by atoms with Gasteiger partial charge >= 0.3 is 0 Å². The van der Waals surface area contributed by atoms with E-state index in [1.807, 2.05) is 30.4 Å². The number of rotatable bonds is 5. The van der Waals surface area contributed by atoms with Gasteiger partial charge in [-0.15, -0.1) is 11.3 Å². The van der Waals surface area contributed by atoms with Crippen molar-refractivity contribution in [3.05, 3.63) is 83.4 Å². The molecule has 5 rings (SSSR count). The zero-order valence-corrected chi connectivity index (χ0v) is 19.6. The SMILES string of the molecule is CS(=O)(=O)C1C=CC(c2nc(-c3ccc(C4(N)CCC4)cc3)c(-c3ccccc3)s2)=CC1. The predicted octanol–water partition coefficient (Wildman–Crippen LogP) is 5.57. The number of thiazole rings is 1. The lowest BCUT2D eigenvalue weighted by molar-refractivity contribution is 0.253. The fourth-order valence-electron chi connectivity index (χ4n) is 4.31. The number of nitrogens with two attached hydrogens (primary N) is 1. The van der Waals surface area contributed by atoms with Crippen LogP contribution >= 0.6 is 11.3 Å². The first-order valence-electron chi connectivity index (χ1n) is 10.9. The summed E-state index contributed by atoms with van der Waals surface area (Å²) in [6.45, 7) is 0. The summed E-state index contributed by atoms with van der Waals surface area (Å²) in [6, 6.07) is 18.8. The van der Waals surface area contributed by atoms with Crippen molar-refractivity contribution in [2.45, 2.75) is 36.5 Å². The van der Waals surface area contributed by atoms with Gasteiger partial charge in [0.2, 0.25) is 0 Å². The van der Waals surface area contributed by atoms with Crippen LogP contribution in [0.25, 0.3) is 27.3 Å². The van der Waals surface area contributed by atoms with Crippen molar-refractivity contribution in [1.82, 2.24) is 4.98 Å². The maximum atomic E-state index is 11.9. The summed E-state index contributed by atoms with van der Waals surface area (Å²) in [5.74, 6) is 0. The molecule has 1 fully saturated rings. The largest absolute Gasteiger partial charge is 0.321 e. The van der Waals surface area contributed by atoms with Crippen LogP contribution in [0, 0.1) is 0 Å². The van der Waals surface area contributed by atoms with Crippen LogP contribution in [0.1, 0.15) is 36.3 Å². The molecule has 6 heteroatoms. The average molecular weight is 463 g/mol. The number of allylic oxidation sites excluding steroid dienone is 3. The van der Waals surface area contributed by atoms with Crippen molar-refractivity contribution in [2.75, 3.05) is 6.26 Å². The molecule has 1 aromatic heterocycles. The van der Waals surface area contributed by atoms with Gasteiger partial charge in [-0.05, 0) is 36.8 Å². The second-order valence-corrected chi connectivity index (χ2v) is 12.0.